The van der Waals surface area contributed by atoms with E-state index in [-0.39, 0.29) is 11.9 Å². The monoisotopic (exact) mass is 199 g/mol. The summed E-state index contributed by atoms with van der Waals surface area (Å²) < 4.78 is 31.5. The van der Waals surface area contributed by atoms with E-state index in [9.17, 15) is 8.78 Å². The van der Waals surface area contributed by atoms with Crippen molar-refractivity contribution in [3.05, 3.63) is 29.3 Å². The van der Waals surface area contributed by atoms with E-state index in [0.29, 0.717) is 12.0 Å². The molecule has 0 radical (unpaired) electrons. The molecule has 1 aliphatic heterocycles. The van der Waals surface area contributed by atoms with Crippen LogP contribution in [0.15, 0.2) is 12.1 Å². The van der Waals surface area contributed by atoms with Crippen LogP contribution in [0.25, 0.3) is 0 Å². The molecule has 0 fully saturated rings. The predicted octanol–water partition coefficient (Wildman–Crippen LogP) is 2.14. The maximum absolute atomic E-state index is 13.3. The van der Waals surface area contributed by atoms with Crippen LogP contribution in [0.4, 0.5) is 8.78 Å². The summed E-state index contributed by atoms with van der Waals surface area (Å²) >= 11 is 0. The highest BCUT2D eigenvalue weighted by atomic mass is 19.1. The minimum absolute atomic E-state index is 0.238. The average molecular weight is 199 g/mol. The third-order valence-corrected chi connectivity index (χ3v) is 2.47. The maximum Gasteiger partial charge on any atom is 0.134 e. The summed E-state index contributed by atoms with van der Waals surface area (Å²) in [5.41, 5.74) is 6.05. The molecule has 2 unspecified atom stereocenters. The summed E-state index contributed by atoms with van der Waals surface area (Å²) in [5.74, 6) is -1.02. The molecule has 0 bridgehead atoms. The van der Waals surface area contributed by atoms with Crippen molar-refractivity contribution in [2.75, 3.05) is 0 Å². The van der Waals surface area contributed by atoms with E-state index in [1.54, 1.807) is 0 Å². The first kappa shape index (κ1) is 9.40. The van der Waals surface area contributed by atoms with E-state index in [0.717, 1.165) is 6.07 Å². The molecule has 0 saturated heterocycles. The van der Waals surface area contributed by atoms with Crippen molar-refractivity contribution >= 4 is 0 Å². The van der Waals surface area contributed by atoms with Crippen molar-refractivity contribution in [1.82, 2.24) is 0 Å². The van der Waals surface area contributed by atoms with Crippen molar-refractivity contribution in [3.8, 4) is 5.75 Å². The van der Waals surface area contributed by atoms with Crippen LogP contribution >= 0.6 is 0 Å². The van der Waals surface area contributed by atoms with Crippen LogP contribution in [-0.2, 0) is 0 Å². The van der Waals surface area contributed by atoms with Crippen molar-refractivity contribution in [2.45, 2.75) is 25.5 Å². The fourth-order valence-corrected chi connectivity index (χ4v) is 1.74. The molecule has 76 valence electrons. The van der Waals surface area contributed by atoms with Crippen LogP contribution < -0.4 is 10.5 Å². The first-order valence-corrected chi connectivity index (χ1v) is 4.54. The molecule has 0 aromatic heterocycles. The van der Waals surface area contributed by atoms with E-state index in [1.807, 2.05) is 6.92 Å². The summed E-state index contributed by atoms with van der Waals surface area (Å²) in [7, 11) is 0. The lowest BCUT2D eigenvalue weighted by molar-refractivity contribution is 0.202. The molecular formula is C10H11F2NO. The van der Waals surface area contributed by atoms with Crippen LogP contribution in [-0.4, -0.2) is 6.10 Å². The van der Waals surface area contributed by atoms with Gasteiger partial charge < -0.3 is 10.5 Å². The summed E-state index contributed by atoms with van der Waals surface area (Å²) in [5, 5.41) is 0. The molecule has 2 rings (SSSR count). The highest BCUT2D eigenvalue weighted by molar-refractivity contribution is 5.41. The summed E-state index contributed by atoms with van der Waals surface area (Å²) in [4.78, 5) is 0. The molecule has 1 aromatic carbocycles. The predicted molar refractivity (Wildman–Crippen MR) is 48.0 cm³/mol. The van der Waals surface area contributed by atoms with Gasteiger partial charge in [0.05, 0.1) is 11.6 Å². The van der Waals surface area contributed by atoms with Gasteiger partial charge in [0.25, 0.3) is 0 Å². The fourth-order valence-electron chi connectivity index (χ4n) is 1.74. The van der Waals surface area contributed by atoms with Crippen LogP contribution in [0.3, 0.4) is 0 Å². The van der Waals surface area contributed by atoms with Gasteiger partial charge in [0, 0.05) is 12.1 Å². The summed E-state index contributed by atoms with van der Waals surface area (Å²) in [6.45, 7) is 1.89. The number of benzene rings is 1. The second-order valence-electron chi connectivity index (χ2n) is 3.39. The molecule has 1 heterocycles. The molecule has 1 aromatic rings. The van der Waals surface area contributed by atoms with Gasteiger partial charge in [0.1, 0.15) is 23.5 Å². The van der Waals surface area contributed by atoms with Crippen molar-refractivity contribution in [3.63, 3.8) is 0 Å². The van der Waals surface area contributed by atoms with E-state index in [4.69, 9.17) is 10.5 Å². The molecule has 1 aliphatic rings. The zero-order chi connectivity index (χ0) is 10.3. The Kier molecular flexibility index (Phi) is 2.15. The molecule has 0 saturated carbocycles. The largest absolute Gasteiger partial charge is 0.488 e. The van der Waals surface area contributed by atoms with Crippen molar-refractivity contribution in [1.29, 1.82) is 0 Å². The van der Waals surface area contributed by atoms with Gasteiger partial charge in [0.2, 0.25) is 0 Å². The van der Waals surface area contributed by atoms with Gasteiger partial charge in [-0.3, -0.25) is 0 Å². The minimum Gasteiger partial charge on any atom is -0.488 e. The van der Waals surface area contributed by atoms with Gasteiger partial charge >= 0.3 is 0 Å². The Morgan fingerprint density at radius 2 is 2.14 bits per heavy atom. The average Bonchev–Trinajstić information content (AvgIpc) is 2.42. The lowest BCUT2D eigenvalue weighted by Gasteiger charge is -2.11. The number of halogens is 2. The molecule has 0 aliphatic carbocycles. The Morgan fingerprint density at radius 3 is 2.79 bits per heavy atom. The Hall–Kier alpha value is -1.16. The molecule has 2 nitrogen and oxygen atoms in total. The molecule has 2 atom stereocenters. The number of hydrogen-bond donors (Lipinski definition) is 1. The Morgan fingerprint density at radius 1 is 1.43 bits per heavy atom. The molecule has 14 heavy (non-hydrogen) atoms. The molecular weight excluding hydrogens is 188 g/mol. The summed E-state index contributed by atoms with van der Waals surface area (Å²) in [6.07, 6.45) is 0.429. The fraction of sp³-hybridized carbons (Fsp3) is 0.400. The topological polar surface area (TPSA) is 35.2 Å². The minimum atomic E-state index is -0.634. The summed E-state index contributed by atoms with van der Waals surface area (Å²) in [6, 6.07) is 1.52. The molecule has 0 amide bonds. The molecule has 4 heteroatoms. The lowest BCUT2D eigenvalue weighted by atomic mass is 10.0. The third kappa shape index (κ3) is 1.26. The van der Waals surface area contributed by atoms with E-state index in [2.05, 4.69) is 0 Å². The normalized spacial score (nSPS) is 24.6. The van der Waals surface area contributed by atoms with Gasteiger partial charge in [-0.1, -0.05) is 6.92 Å². The van der Waals surface area contributed by atoms with Crippen LogP contribution in [0.1, 0.15) is 24.9 Å². The van der Waals surface area contributed by atoms with Crippen molar-refractivity contribution in [2.24, 2.45) is 5.73 Å². The van der Waals surface area contributed by atoms with E-state index < -0.39 is 17.7 Å². The lowest BCUT2D eigenvalue weighted by Crippen LogP contribution is -2.24. The third-order valence-electron chi connectivity index (χ3n) is 2.47. The number of hydrogen-bond acceptors (Lipinski definition) is 2. The highest BCUT2D eigenvalue weighted by Crippen LogP contribution is 2.38. The van der Waals surface area contributed by atoms with Crippen molar-refractivity contribution < 1.29 is 13.5 Å². The van der Waals surface area contributed by atoms with Crippen LogP contribution in [0, 0.1) is 11.6 Å². The quantitative estimate of drug-likeness (QED) is 0.752. The van der Waals surface area contributed by atoms with Gasteiger partial charge in [-0.05, 0) is 6.42 Å². The molecule has 0 spiro atoms. The Labute approximate surface area is 80.7 Å². The number of nitrogens with two attached hydrogens (primary N) is 1. The van der Waals surface area contributed by atoms with Crippen LogP contribution in [0.5, 0.6) is 5.75 Å². The first-order valence-electron chi connectivity index (χ1n) is 4.54. The highest BCUT2D eigenvalue weighted by Gasteiger charge is 2.33. The number of rotatable bonds is 1. The Bertz CT molecular complexity index is 367. The number of ether oxygens (including phenoxy) is 1. The first-order chi connectivity index (χ1) is 6.63. The maximum atomic E-state index is 13.3. The van der Waals surface area contributed by atoms with E-state index >= 15 is 0 Å². The Balaban J connectivity index is 2.48. The standard InChI is InChI=1S/C10H11F2NO/c1-2-7-10(13)9-6(12)3-5(11)4-8(9)14-7/h3-4,7,10H,2,13H2,1H3. The van der Waals surface area contributed by atoms with Gasteiger partial charge in [-0.25, -0.2) is 8.78 Å². The van der Waals surface area contributed by atoms with Crippen LogP contribution in [0.2, 0.25) is 0 Å². The van der Waals surface area contributed by atoms with Gasteiger partial charge in [-0.2, -0.15) is 0 Å². The smallest absolute Gasteiger partial charge is 0.134 e. The zero-order valence-corrected chi connectivity index (χ0v) is 7.76. The number of fused-ring (bicyclic) bond motifs is 1. The zero-order valence-electron chi connectivity index (χ0n) is 7.76. The molecule has 2 N–H and O–H groups in total. The second kappa shape index (κ2) is 3.20. The van der Waals surface area contributed by atoms with E-state index in [1.165, 1.54) is 6.07 Å². The van der Waals surface area contributed by atoms with Gasteiger partial charge in [0.15, 0.2) is 0 Å². The SMILES string of the molecule is CCC1Oc2cc(F)cc(F)c2C1N. The van der Waals surface area contributed by atoms with Gasteiger partial charge in [-0.15, -0.1) is 0 Å². The second-order valence-corrected chi connectivity index (χ2v) is 3.39.